The average Bonchev–Trinajstić information content (AvgIpc) is 4.12. The first-order valence-electron chi connectivity index (χ1n) is 33.3. The number of benzene rings is 2. The molecule has 4 aliphatic heterocycles. The van der Waals surface area contributed by atoms with E-state index in [4.69, 9.17) is 27.1 Å². The third-order valence-electron chi connectivity index (χ3n) is 17.5. The van der Waals surface area contributed by atoms with Gasteiger partial charge in [-0.1, -0.05) is 72.6 Å². The summed E-state index contributed by atoms with van der Waals surface area (Å²) in [7, 11) is -6.90. The number of hydrogen-bond acceptors (Lipinski definition) is 7. The van der Waals surface area contributed by atoms with Gasteiger partial charge in [-0.2, -0.15) is 0 Å². The van der Waals surface area contributed by atoms with Gasteiger partial charge in [0.15, 0.2) is 0 Å². The average molecular weight is 1100 g/mol. The fraction of sp³-hybridized carbons (Fsp3) is 0.806. The Balaban J connectivity index is 1.28. The van der Waals surface area contributed by atoms with Crippen molar-refractivity contribution in [2.45, 2.75) is 337 Å². The van der Waals surface area contributed by atoms with Crippen molar-refractivity contribution < 1.29 is 32.2 Å². The minimum absolute atomic E-state index is 0.0829. The van der Waals surface area contributed by atoms with E-state index in [0.29, 0.717) is 28.6 Å². The Hall–Kier alpha value is -2.23. The summed E-state index contributed by atoms with van der Waals surface area (Å²) in [6.07, 6.45) is 60.7. The molecule has 4 heterocycles. The molecule has 2 aromatic rings. The van der Waals surface area contributed by atoms with Gasteiger partial charge in [-0.15, -0.1) is 0 Å². The second-order valence-electron chi connectivity index (χ2n) is 24.6. The molecule has 1 N–H and O–H groups in total. The van der Waals surface area contributed by atoms with Crippen LogP contribution in [-0.4, -0.2) is 22.7 Å². The summed E-state index contributed by atoms with van der Waals surface area (Å²) in [5.41, 5.74) is 4.20. The van der Waals surface area contributed by atoms with Crippen LogP contribution in [0.3, 0.4) is 0 Å². The standard InChI is InChI=1S/C67H116O7P2/c1-7-11-15-19-23-27-31-35-39-43-47-51-57-55-59-60-61(68)65-67-66(70-75(69-65,71-67)56(5)6)64(60)74-76(53-49-45-41-37-33-29-25-21-17-13-9-3,54-50-46-42-38-34-30-26-22-18-14-10-4)72-62(63(59)73-76)58(57)52-48-44-40-36-32-28-24-20-16-12-8-2/h55,68H,7-54H2,1-6H3. The summed E-state index contributed by atoms with van der Waals surface area (Å²) in [6.45, 7) is 13.2. The molecule has 7 nitrogen and oxygen atoms in total. The molecule has 9 heteroatoms. The zero-order chi connectivity index (χ0) is 53.8. The maximum atomic E-state index is 12.6. The molecule has 0 aromatic heterocycles. The minimum atomic E-state index is -4.01. The molecule has 0 saturated heterocycles. The second kappa shape index (κ2) is 34.1. The number of phenols is 1. The molecule has 0 aliphatic carbocycles. The van der Waals surface area contributed by atoms with Crippen LogP contribution in [0.4, 0.5) is 0 Å². The van der Waals surface area contributed by atoms with E-state index in [2.05, 4.69) is 33.8 Å². The van der Waals surface area contributed by atoms with Crippen LogP contribution in [-0.2, 0) is 12.8 Å². The third kappa shape index (κ3) is 18.1. The second-order valence-corrected chi connectivity index (χ2v) is 30.9. The molecule has 4 bridgehead atoms. The van der Waals surface area contributed by atoms with Gasteiger partial charge >= 0.3 is 398 Å². The Morgan fingerprint density at radius 1 is 0.368 bits per heavy atom. The van der Waals surface area contributed by atoms with E-state index < -0.39 is 14.9 Å². The number of phenolic OH excluding ortho intramolecular Hbond substituents is 1. The topological polar surface area (TPSA) is 75.6 Å². The van der Waals surface area contributed by atoms with Gasteiger partial charge in [0, 0.05) is 0 Å². The molecule has 0 fully saturated rings. The van der Waals surface area contributed by atoms with Gasteiger partial charge in [0.1, 0.15) is 0 Å². The Morgan fingerprint density at radius 3 is 1.08 bits per heavy atom. The van der Waals surface area contributed by atoms with E-state index in [0.717, 1.165) is 86.0 Å². The first kappa shape index (κ1) is 63.0. The normalized spacial score (nSPS) is 17.2. The van der Waals surface area contributed by atoms with Crippen LogP contribution in [0.15, 0.2) is 6.07 Å². The van der Waals surface area contributed by atoms with Crippen molar-refractivity contribution in [3.63, 3.8) is 0 Å². The number of hydrogen-bond donors (Lipinski definition) is 1. The molecule has 0 radical (unpaired) electrons. The van der Waals surface area contributed by atoms with Crippen LogP contribution < -0.4 is 27.1 Å². The van der Waals surface area contributed by atoms with Gasteiger partial charge in [-0.3, -0.25) is 0 Å². The fourth-order valence-electron chi connectivity index (χ4n) is 12.7. The van der Waals surface area contributed by atoms with E-state index in [9.17, 15) is 5.11 Å². The Labute approximate surface area is 468 Å². The van der Waals surface area contributed by atoms with Crippen LogP contribution in [0.1, 0.15) is 335 Å². The Kier molecular flexibility index (Phi) is 28.3. The summed E-state index contributed by atoms with van der Waals surface area (Å²) >= 11 is 0. The molecule has 2 aromatic carbocycles. The first-order chi connectivity index (χ1) is 37.2. The summed E-state index contributed by atoms with van der Waals surface area (Å²) < 4.78 is 43.5. The van der Waals surface area contributed by atoms with Gasteiger partial charge in [0.05, 0.1) is 0 Å². The van der Waals surface area contributed by atoms with Crippen molar-refractivity contribution in [3.8, 4) is 51.4 Å². The number of unbranched alkanes of at least 4 members (excludes halogenated alkanes) is 40. The SMILES string of the molecule is CCCCCCCCCCCCCc1cc2c3c(c1CCCCCCCCCCCCC)OP(CCCCCCCCCCCCC)(CCCCCCCCCCCCC)(O3)Oc1c3c4c(c(O)c1-2)OP(=C(C)C)(O4)O3. The van der Waals surface area contributed by atoms with Crippen molar-refractivity contribution in [2.75, 3.05) is 12.3 Å². The summed E-state index contributed by atoms with van der Waals surface area (Å²) in [5, 5.41) is 13.6. The predicted octanol–water partition coefficient (Wildman–Crippen LogP) is 24.0. The summed E-state index contributed by atoms with van der Waals surface area (Å²) in [5.74, 6) is 3.79. The molecular formula is C67H116O7P2. The molecule has 0 saturated carbocycles. The molecule has 76 heavy (non-hydrogen) atoms. The van der Waals surface area contributed by atoms with Crippen molar-refractivity contribution >= 4 is 20.1 Å². The van der Waals surface area contributed by atoms with E-state index in [1.54, 1.807) is 0 Å². The zero-order valence-electron chi connectivity index (χ0n) is 50.3. The van der Waals surface area contributed by atoms with Crippen LogP contribution in [0.5, 0.6) is 40.2 Å². The van der Waals surface area contributed by atoms with E-state index in [1.165, 1.54) is 255 Å². The molecule has 1 atom stereocenters. The number of aromatic hydroxyl groups is 1. The zero-order valence-corrected chi connectivity index (χ0v) is 52.1. The number of aryl methyl sites for hydroxylation is 1. The van der Waals surface area contributed by atoms with Crippen molar-refractivity contribution in [1.29, 1.82) is 0 Å². The van der Waals surface area contributed by atoms with Gasteiger partial charge in [-0.25, -0.2) is 0 Å². The number of rotatable bonds is 48. The van der Waals surface area contributed by atoms with E-state index in [1.807, 2.05) is 13.8 Å². The Morgan fingerprint density at radius 2 is 0.684 bits per heavy atom. The summed E-state index contributed by atoms with van der Waals surface area (Å²) in [6, 6.07) is 2.37. The molecule has 4 aliphatic rings. The monoisotopic (exact) mass is 1090 g/mol. The van der Waals surface area contributed by atoms with Crippen molar-refractivity contribution in [1.82, 2.24) is 0 Å². The molecule has 0 amide bonds. The summed E-state index contributed by atoms with van der Waals surface area (Å²) in [4.78, 5) is 0. The van der Waals surface area contributed by atoms with Gasteiger partial charge in [0.25, 0.3) is 0 Å². The van der Waals surface area contributed by atoms with Crippen LogP contribution >= 0.6 is 14.9 Å². The quantitative estimate of drug-likeness (QED) is 0.0523. The van der Waals surface area contributed by atoms with Crippen molar-refractivity contribution in [2.24, 2.45) is 0 Å². The van der Waals surface area contributed by atoms with Crippen LogP contribution in [0.25, 0.3) is 11.1 Å². The first-order valence-corrected chi connectivity index (χ1v) is 37.2. The molecule has 6 rings (SSSR count). The Bertz CT molecular complexity index is 2010. The van der Waals surface area contributed by atoms with Crippen LogP contribution in [0.2, 0.25) is 0 Å². The fourth-order valence-corrected chi connectivity index (χ4v) is 18.9. The van der Waals surface area contributed by atoms with Gasteiger partial charge in [-0.05, 0) is 0 Å². The molecular weight excluding hydrogens is 979 g/mol. The van der Waals surface area contributed by atoms with Crippen molar-refractivity contribution in [3.05, 3.63) is 17.2 Å². The maximum absolute atomic E-state index is 12.6. The third-order valence-corrected chi connectivity index (χ3v) is 24.0. The van der Waals surface area contributed by atoms with Gasteiger partial charge < -0.3 is 0 Å². The number of fused-ring (bicyclic) bond motifs is 5. The van der Waals surface area contributed by atoms with Crippen LogP contribution in [0, 0.1) is 0 Å². The molecule has 1 unspecified atom stereocenters. The van der Waals surface area contributed by atoms with Gasteiger partial charge in [0.2, 0.25) is 0 Å². The van der Waals surface area contributed by atoms with E-state index in [-0.39, 0.29) is 5.75 Å². The predicted molar refractivity (Wildman–Crippen MR) is 330 cm³/mol. The molecule has 0 spiro atoms. The molecule has 436 valence electrons. The van der Waals surface area contributed by atoms with E-state index >= 15 is 0 Å².